The lowest BCUT2D eigenvalue weighted by molar-refractivity contribution is 0.224. The summed E-state index contributed by atoms with van der Waals surface area (Å²) in [6.07, 6.45) is 2.11. The fourth-order valence-electron chi connectivity index (χ4n) is 2.69. The Bertz CT molecular complexity index is 615. The quantitative estimate of drug-likeness (QED) is 0.580. The molecule has 0 amide bonds. The highest BCUT2D eigenvalue weighted by Crippen LogP contribution is 2.43. The van der Waals surface area contributed by atoms with Crippen molar-refractivity contribution in [3.63, 3.8) is 0 Å². The molecule has 0 saturated carbocycles. The third-order valence-corrected chi connectivity index (χ3v) is 3.70. The number of hydrogen-bond acceptors (Lipinski definition) is 6. The Morgan fingerprint density at radius 1 is 1.40 bits per heavy atom. The average Bonchev–Trinajstić information content (AvgIpc) is 2.43. The van der Waals surface area contributed by atoms with Crippen molar-refractivity contribution >= 4 is 5.96 Å². The van der Waals surface area contributed by atoms with Gasteiger partial charge in [0.1, 0.15) is 0 Å². The highest BCUT2D eigenvalue weighted by molar-refractivity contribution is 5.81. The lowest BCUT2D eigenvalue weighted by Gasteiger charge is -2.39. The van der Waals surface area contributed by atoms with Crippen molar-refractivity contribution in [3.05, 3.63) is 41.5 Å². The summed E-state index contributed by atoms with van der Waals surface area (Å²) in [7, 11) is 0. The first kappa shape index (κ1) is 12.7. The van der Waals surface area contributed by atoms with Gasteiger partial charge in [-0.3, -0.25) is 0 Å². The summed E-state index contributed by atoms with van der Waals surface area (Å²) in [6.45, 7) is 0.355. The van der Waals surface area contributed by atoms with Crippen molar-refractivity contribution in [2.24, 2.45) is 22.2 Å². The maximum absolute atomic E-state index is 13.8. The fraction of sp³-hybridized carbons (Fsp3) is 0.308. The van der Waals surface area contributed by atoms with Crippen LogP contribution in [0.25, 0.3) is 0 Å². The molecule has 0 spiro atoms. The molecule has 2 atom stereocenters. The lowest BCUT2D eigenvalue weighted by Crippen LogP contribution is -2.55. The highest BCUT2D eigenvalue weighted by Gasteiger charge is 2.43. The zero-order chi connectivity index (χ0) is 14.3. The third-order valence-electron chi connectivity index (χ3n) is 3.70. The molecule has 6 nitrogen and oxygen atoms in total. The minimum absolute atomic E-state index is 0.186. The van der Waals surface area contributed by atoms with Gasteiger partial charge in [-0.2, -0.15) is 0 Å². The molecule has 7 N–H and O–H groups in total. The maximum Gasteiger partial charge on any atom is 0.195 e. The summed E-state index contributed by atoms with van der Waals surface area (Å²) < 4.78 is 19.2. The summed E-state index contributed by atoms with van der Waals surface area (Å²) in [6, 6.07) is 4.74. The Labute approximate surface area is 115 Å². The number of hydrogen-bond donors (Lipinski definition) is 4. The number of rotatable bonds is 1. The summed E-state index contributed by atoms with van der Waals surface area (Å²) in [5, 5.41) is 2.72. The van der Waals surface area contributed by atoms with Gasteiger partial charge >= 0.3 is 0 Å². The zero-order valence-electron chi connectivity index (χ0n) is 10.8. The number of benzene rings is 1. The smallest absolute Gasteiger partial charge is 0.195 e. The summed E-state index contributed by atoms with van der Waals surface area (Å²) in [5.74, 6) is -0.303. The van der Waals surface area contributed by atoms with Gasteiger partial charge in [0.15, 0.2) is 23.2 Å². The van der Waals surface area contributed by atoms with Crippen LogP contribution in [0.4, 0.5) is 4.39 Å². The van der Waals surface area contributed by atoms with E-state index in [9.17, 15) is 4.39 Å². The number of guanidine groups is 1. The number of halogens is 1. The molecule has 0 bridgehead atoms. The van der Waals surface area contributed by atoms with Gasteiger partial charge in [0.05, 0.1) is 12.3 Å². The van der Waals surface area contributed by atoms with Crippen LogP contribution >= 0.6 is 0 Å². The predicted molar refractivity (Wildman–Crippen MR) is 73.2 cm³/mol. The molecule has 0 fully saturated rings. The van der Waals surface area contributed by atoms with Crippen LogP contribution in [0.5, 0.6) is 5.75 Å². The van der Waals surface area contributed by atoms with E-state index in [0.717, 1.165) is 0 Å². The molecule has 2 unspecified atom stereocenters. The van der Waals surface area contributed by atoms with E-state index < -0.39 is 11.5 Å². The summed E-state index contributed by atoms with van der Waals surface area (Å²) >= 11 is 0. The van der Waals surface area contributed by atoms with Gasteiger partial charge in [-0.1, -0.05) is 12.1 Å². The standard InChI is InChI=1S/C13H16FN5O/c14-9-3-1-2-7-8(4-5-20-11(7)9)13(17)10(15)6-18-12(16)19-13/h1-3,6,8H,4-5,15,17H2,(H3,16,18,19). The Kier molecular flexibility index (Phi) is 2.79. The third kappa shape index (κ3) is 1.78. The second-order valence-corrected chi connectivity index (χ2v) is 4.91. The number of nitrogens with two attached hydrogens (primary N) is 3. The molecule has 2 heterocycles. The van der Waals surface area contributed by atoms with E-state index in [1.807, 2.05) is 0 Å². The minimum Gasteiger partial charge on any atom is -0.490 e. The molecular formula is C13H16FN5O. The van der Waals surface area contributed by atoms with Crippen molar-refractivity contribution in [3.8, 4) is 5.75 Å². The van der Waals surface area contributed by atoms with Crippen molar-refractivity contribution in [2.45, 2.75) is 18.0 Å². The van der Waals surface area contributed by atoms with Crippen molar-refractivity contribution in [1.82, 2.24) is 5.32 Å². The number of nitrogens with one attached hydrogen (secondary N) is 1. The molecule has 106 valence electrons. The monoisotopic (exact) mass is 277 g/mol. The van der Waals surface area contributed by atoms with E-state index in [0.29, 0.717) is 24.3 Å². The normalized spacial score (nSPS) is 28.6. The van der Waals surface area contributed by atoms with Crippen LogP contribution in [-0.4, -0.2) is 18.2 Å². The number of para-hydroxylation sites is 1. The van der Waals surface area contributed by atoms with Gasteiger partial charge in [0.2, 0.25) is 0 Å². The Hall–Kier alpha value is -2.28. The van der Waals surface area contributed by atoms with Crippen molar-refractivity contribution in [1.29, 1.82) is 0 Å². The Morgan fingerprint density at radius 2 is 2.20 bits per heavy atom. The first-order valence-corrected chi connectivity index (χ1v) is 6.30. The molecule has 0 aromatic heterocycles. The molecule has 2 aliphatic rings. The molecular weight excluding hydrogens is 261 g/mol. The van der Waals surface area contributed by atoms with E-state index in [1.165, 1.54) is 12.3 Å². The van der Waals surface area contributed by atoms with Gasteiger partial charge < -0.3 is 27.3 Å². The van der Waals surface area contributed by atoms with Crippen LogP contribution in [0.15, 0.2) is 35.1 Å². The van der Waals surface area contributed by atoms with Crippen LogP contribution < -0.4 is 27.3 Å². The number of nitrogens with zero attached hydrogens (tertiary/aromatic N) is 1. The van der Waals surface area contributed by atoms with Crippen LogP contribution in [0, 0.1) is 5.82 Å². The minimum atomic E-state index is -1.19. The molecule has 3 rings (SSSR count). The van der Waals surface area contributed by atoms with Gasteiger partial charge in [-0.25, -0.2) is 9.38 Å². The second-order valence-electron chi connectivity index (χ2n) is 4.91. The predicted octanol–water partition coefficient (Wildman–Crippen LogP) is 0.0648. The maximum atomic E-state index is 13.8. The Morgan fingerprint density at radius 3 is 3.00 bits per heavy atom. The van der Waals surface area contributed by atoms with Crippen LogP contribution in [0.1, 0.15) is 17.9 Å². The van der Waals surface area contributed by atoms with Crippen LogP contribution in [0.2, 0.25) is 0 Å². The molecule has 1 aromatic carbocycles. The van der Waals surface area contributed by atoms with Crippen molar-refractivity contribution in [2.75, 3.05) is 6.61 Å². The molecule has 7 heteroatoms. The largest absolute Gasteiger partial charge is 0.490 e. The van der Waals surface area contributed by atoms with E-state index in [-0.39, 0.29) is 17.6 Å². The molecule has 20 heavy (non-hydrogen) atoms. The molecule has 0 aliphatic carbocycles. The molecule has 2 aliphatic heterocycles. The van der Waals surface area contributed by atoms with E-state index in [2.05, 4.69) is 10.3 Å². The van der Waals surface area contributed by atoms with Gasteiger partial charge in [-0.05, 0) is 12.5 Å². The topological polar surface area (TPSA) is 112 Å². The lowest BCUT2D eigenvalue weighted by atomic mass is 9.80. The van der Waals surface area contributed by atoms with E-state index in [1.54, 1.807) is 12.1 Å². The van der Waals surface area contributed by atoms with E-state index in [4.69, 9.17) is 21.9 Å². The van der Waals surface area contributed by atoms with Crippen molar-refractivity contribution < 1.29 is 9.13 Å². The molecule has 0 saturated heterocycles. The second kappa shape index (κ2) is 4.38. The SMILES string of the molecule is NC1=CNC(N)=NC1(N)C1CCOc2c(F)cccc21. The number of fused-ring (bicyclic) bond motifs is 1. The summed E-state index contributed by atoms with van der Waals surface area (Å²) in [5.41, 5.74) is 17.8. The van der Waals surface area contributed by atoms with Gasteiger partial charge in [0, 0.05) is 17.7 Å². The average molecular weight is 277 g/mol. The van der Waals surface area contributed by atoms with Crippen LogP contribution in [-0.2, 0) is 0 Å². The summed E-state index contributed by atoms with van der Waals surface area (Å²) in [4.78, 5) is 4.24. The van der Waals surface area contributed by atoms with E-state index >= 15 is 0 Å². The van der Waals surface area contributed by atoms with Crippen LogP contribution in [0.3, 0.4) is 0 Å². The molecule has 0 radical (unpaired) electrons. The Balaban J connectivity index is 2.11. The number of aliphatic imine (C=N–C) groups is 1. The number of ether oxygens (including phenoxy) is 1. The van der Waals surface area contributed by atoms with Gasteiger partial charge in [0.25, 0.3) is 0 Å². The first-order chi connectivity index (χ1) is 9.52. The zero-order valence-corrected chi connectivity index (χ0v) is 10.8. The van der Waals surface area contributed by atoms with Gasteiger partial charge in [-0.15, -0.1) is 0 Å². The fourth-order valence-corrected chi connectivity index (χ4v) is 2.69. The molecule has 1 aromatic rings. The first-order valence-electron chi connectivity index (χ1n) is 6.30. The highest BCUT2D eigenvalue weighted by atomic mass is 19.1.